The summed E-state index contributed by atoms with van der Waals surface area (Å²) in [5.41, 5.74) is 7.73. The molecule has 18 heavy (non-hydrogen) atoms. The lowest BCUT2D eigenvalue weighted by Gasteiger charge is -2.16. The molecule has 2 N–H and O–H groups in total. The van der Waals surface area contributed by atoms with Gasteiger partial charge in [-0.3, -0.25) is 0 Å². The van der Waals surface area contributed by atoms with Crippen LogP contribution in [-0.2, 0) is 0 Å². The lowest BCUT2D eigenvalue weighted by molar-refractivity contribution is 0.403. The van der Waals surface area contributed by atoms with E-state index in [1.165, 1.54) is 13.2 Å². The minimum atomic E-state index is -0.421. The molecule has 1 heterocycles. The van der Waals surface area contributed by atoms with E-state index < -0.39 is 6.04 Å². The number of halogens is 2. The number of hydrogen-bond donors (Lipinski definition) is 1. The first kappa shape index (κ1) is 13.1. The maximum Gasteiger partial charge on any atom is 0.141 e. The number of rotatable bonds is 3. The van der Waals surface area contributed by atoms with E-state index in [1.807, 2.05) is 6.92 Å². The topological polar surface area (TPSA) is 48.4 Å². The SMILES string of the molecule is COc1cc(F)c(Br)cc1C(N)c1ccoc1C. The standard InChI is InChI=1S/C13H13BrFNO2/c1-7-8(3-4-18-7)13(16)9-5-10(14)11(15)6-12(9)17-2/h3-6,13H,16H2,1-2H3. The molecule has 0 saturated carbocycles. The Morgan fingerprint density at radius 1 is 1.39 bits per heavy atom. The van der Waals surface area contributed by atoms with Gasteiger partial charge in [0.15, 0.2) is 0 Å². The van der Waals surface area contributed by atoms with Crippen LogP contribution in [0.4, 0.5) is 4.39 Å². The zero-order valence-electron chi connectivity index (χ0n) is 10.0. The van der Waals surface area contributed by atoms with E-state index in [0.717, 1.165) is 11.3 Å². The van der Waals surface area contributed by atoms with Crippen molar-refractivity contribution in [2.24, 2.45) is 5.73 Å². The molecule has 3 nitrogen and oxygen atoms in total. The summed E-state index contributed by atoms with van der Waals surface area (Å²) in [7, 11) is 1.49. The van der Waals surface area contributed by atoms with Crippen molar-refractivity contribution >= 4 is 15.9 Å². The van der Waals surface area contributed by atoms with Gasteiger partial charge in [-0.05, 0) is 35.0 Å². The molecule has 2 aromatic rings. The minimum absolute atomic E-state index is 0.356. The summed E-state index contributed by atoms with van der Waals surface area (Å²) in [6, 6.07) is 4.33. The maximum absolute atomic E-state index is 13.4. The van der Waals surface area contributed by atoms with Crippen LogP contribution in [-0.4, -0.2) is 7.11 Å². The number of hydrogen-bond acceptors (Lipinski definition) is 3. The summed E-state index contributed by atoms with van der Waals surface area (Å²) >= 11 is 3.15. The van der Waals surface area contributed by atoms with Crippen molar-refractivity contribution in [2.45, 2.75) is 13.0 Å². The highest BCUT2D eigenvalue weighted by atomic mass is 79.9. The van der Waals surface area contributed by atoms with Gasteiger partial charge in [0, 0.05) is 17.2 Å². The van der Waals surface area contributed by atoms with E-state index in [1.54, 1.807) is 18.4 Å². The first-order chi connectivity index (χ1) is 8.54. The summed E-state index contributed by atoms with van der Waals surface area (Å²) in [5.74, 6) is 0.778. The fourth-order valence-corrected chi connectivity index (χ4v) is 2.21. The van der Waals surface area contributed by atoms with Crippen LogP contribution in [0.5, 0.6) is 5.75 Å². The molecule has 0 aliphatic carbocycles. The molecule has 1 aromatic heterocycles. The third kappa shape index (κ3) is 2.28. The molecule has 96 valence electrons. The van der Waals surface area contributed by atoms with Crippen molar-refractivity contribution in [3.05, 3.63) is 51.6 Å². The van der Waals surface area contributed by atoms with Crippen molar-refractivity contribution in [3.63, 3.8) is 0 Å². The number of benzene rings is 1. The summed E-state index contributed by atoms with van der Waals surface area (Å²) in [6.07, 6.45) is 1.58. The van der Waals surface area contributed by atoms with E-state index >= 15 is 0 Å². The molecule has 0 aliphatic heterocycles. The lowest BCUT2D eigenvalue weighted by Crippen LogP contribution is -2.13. The predicted octanol–water partition coefficient (Wildman–Crippen LogP) is 3.55. The summed E-state index contributed by atoms with van der Waals surface area (Å²) in [4.78, 5) is 0. The van der Waals surface area contributed by atoms with Gasteiger partial charge in [-0.1, -0.05) is 0 Å². The van der Waals surface area contributed by atoms with Crippen LogP contribution in [0.2, 0.25) is 0 Å². The van der Waals surface area contributed by atoms with Gasteiger partial charge in [0.2, 0.25) is 0 Å². The van der Waals surface area contributed by atoms with E-state index in [2.05, 4.69) is 15.9 Å². The molecular formula is C13H13BrFNO2. The van der Waals surface area contributed by atoms with Crippen LogP contribution >= 0.6 is 15.9 Å². The van der Waals surface area contributed by atoms with E-state index in [4.69, 9.17) is 14.9 Å². The second-order valence-electron chi connectivity index (χ2n) is 3.92. The number of ether oxygens (including phenoxy) is 1. The first-order valence-electron chi connectivity index (χ1n) is 5.37. The van der Waals surface area contributed by atoms with Gasteiger partial charge in [0.25, 0.3) is 0 Å². The normalized spacial score (nSPS) is 12.5. The highest BCUT2D eigenvalue weighted by molar-refractivity contribution is 9.10. The number of methoxy groups -OCH3 is 1. The molecule has 2 rings (SSSR count). The zero-order valence-corrected chi connectivity index (χ0v) is 11.6. The molecule has 5 heteroatoms. The number of nitrogens with two attached hydrogens (primary N) is 1. The average molecular weight is 314 g/mol. The van der Waals surface area contributed by atoms with Gasteiger partial charge in [-0.2, -0.15) is 0 Å². The smallest absolute Gasteiger partial charge is 0.141 e. The van der Waals surface area contributed by atoms with Crippen molar-refractivity contribution in [3.8, 4) is 5.75 Å². The van der Waals surface area contributed by atoms with Crippen molar-refractivity contribution < 1.29 is 13.5 Å². The predicted molar refractivity (Wildman–Crippen MR) is 70.1 cm³/mol. The molecular weight excluding hydrogens is 301 g/mol. The van der Waals surface area contributed by atoms with E-state index in [0.29, 0.717) is 15.8 Å². The van der Waals surface area contributed by atoms with Crippen molar-refractivity contribution in [1.29, 1.82) is 0 Å². The Morgan fingerprint density at radius 3 is 2.67 bits per heavy atom. The Kier molecular flexibility index (Phi) is 3.73. The van der Waals surface area contributed by atoms with Crippen molar-refractivity contribution in [1.82, 2.24) is 0 Å². The minimum Gasteiger partial charge on any atom is -0.496 e. The van der Waals surface area contributed by atoms with Gasteiger partial charge in [0.1, 0.15) is 17.3 Å². The molecule has 0 fully saturated rings. The van der Waals surface area contributed by atoms with Crippen LogP contribution in [0, 0.1) is 12.7 Å². The Labute approximate surface area is 113 Å². The largest absolute Gasteiger partial charge is 0.496 e. The van der Waals surface area contributed by atoms with Crippen LogP contribution in [0.25, 0.3) is 0 Å². The molecule has 0 amide bonds. The van der Waals surface area contributed by atoms with Gasteiger partial charge >= 0.3 is 0 Å². The summed E-state index contributed by atoms with van der Waals surface area (Å²) in [6.45, 7) is 1.83. The van der Waals surface area contributed by atoms with E-state index in [9.17, 15) is 4.39 Å². The maximum atomic E-state index is 13.4. The van der Waals surface area contributed by atoms with Gasteiger partial charge in [-0.25, -0.2) is 4.39 Å². The second-order valence-corrected chi connectivity index (χ2v) is 4.77. The van der Waals surface area contributed by atoms with Crippen LogP contribution in [0.3, 0.4) is 0 Å². The second kappa shape index (κ2) is 5.12. The molecule has 1 aromatic carbocycles. The third-order valence-electron chi connectivity index (χ3n) is 2.84. The van der Waals surface area contributed by atoms with Crippen molar-refractivity contribution in [2.75, 3.05) is 7.11 Å². The highest BCUT2D eigenvalue weighted by Crippen LogP contribution is 2.33. The van der Waals surface area contributed by atoms with Crippen LogP contribution in [0.15, 0.2) is 33.4 Å². The Morgan fingerprint density at radius 2 is 2.11 bits per heavy atom. The van der Waals surface area contributed by atoms with Crippen LogP contribution < -0.4 is 10.5 Å². The molecule has 0 radical (unpaired) electrons. The molecule has 0 bridgehead atoms. The zero-order chi connectivity index (χ0) is 13.3. The monoisotopic (exact) mass is 313 g/mol. The average Bonchev–Trinajstić information content (AvgIpc) is 2.77. The van der Waals surface area contributed by atoms with Crippen LogP contribution in [0.1, 0.15) is 22.9 Å². The molecule has 1 unspecified atom stereocenters. The third-order valence-corrected chi connectivity index (χ3v) is 3.45. The summed E-state index contributed by atoms with van der Waals surface area (Å²) < 4.78 is 24.2. The van der Waals surface area contributed by atoms with Gasteiger partial charge < -0.3 is 14.9 Å². The first-order valence-corrected chi connectivity index (χ1v) is 6.16. The lowest BCUT2D eigenvalue weighted by atomic mass is 9.99. The quantitative estimate of drug-likeness (QED) is 0.942. The molecule has 0 spiro atoms. The molecule has 0 aliphatic rings. The molecule has 1 atom stereocenters. The summed E-state index contributed by atoms with van der Waals surface area (Å²) in [5, 5.41) is 0. The fraction of sp³-hybridized carbons (Fsp3) is 0.231. The Hall–Kier alpha value is -1.33. The van der Waals surface area contributed by atoms with E-state index in [-0.39, 0.29) is 5.82 Å². The number of furan rings is 1. The number of aryl methyl sites for hydroxylation is 1. The molecule has 0 saturated heterocycles. The van der Waals surface area contributed by atoms with Gasteiger partial charge in [0.05, 0.1) is 23.9 Å². The Balaban J connectivity index is 2.50. The Bertz CT molecular complexity index is 568. The highest BCUT2D eigenvalue weighted by Gasteiger charge is 2.19. The fourth-order valence-electron chi connectivity index (χ4n) is 1.85. The van der Waals surface area contributed by atoms with Gasteiger partial charge in [-0.15, -0.1) is 0 Å².